The van der Waals surface area contributed by atoms with Gasteiger partial charge >= 0.3 is 11.9 Å². The topological polar surface area (TPSA) is 65.1 Å². The third kappa shape index (κ3) is 1.75. The Morgan fingerprint density at radius 3 is 2.86 bits per heavy atom. The van der Waals surface area contributed by atoms with Crippen LogP contribution >= 0.6 is 0 Å². The molecule has 0 N–H and O–H groups in total. The van der Waals surface area contributed by atoms with Crippen molar-refractivity contribution in [3.05, 3.63) is 12.2 Å². The van der Waals surface area contributed by atoms with E-state index in [1.165, 1.54) is 6.92 Å². The Morgan fingerprint density at radius 1 is 1.45 bits per heavy atom. The molecule has 4 aliphatic rings. The summed E-state index contributed by atoms with van der Waals surface area (Å²) in [5.74, 6) is -0.461. The molecule has 0 spiro atoms. The van der Waals surface area contributed by atoms with Gasteiger partial charge in [-0.1, -0.05) is 19.1 Å². The fraction of sp³-hybridized carbons (Fsp3) is 0.765. The second kappa shape index (κ2) is 4.34. The number of epoxide rings is 1. The van der Waals surface area contributed by atoms with Crippen molar-refractivity contribution in [2.75, 3.05) is 0 Å². The van der Waals surface area contributed by atoms with Gasteiger partial charge in [-0.3, -0.25) is 9.59 Å². The second-order valence-corrected chi connectivity index (χ2v) is 7.44. The van der Waals surface area contributed by atoms with E-state index in [-0.39, 0.29) is 59.5 Å². The summed E-state index contributed by atoms with van der Waals surface area (Å²) in [5, 5.41) is 0. The van der Waals surface area contributed by atoms with E-state index in [1.54, 1.807) is 0 Å². The van der Waals surface area contributed by atoms with Crippen molar-refractivity contribution < 1.29 is 23.8 Å². The van der Waals surface area contributed by atoms with Gasteiger partial charge in [0, 0.05) is 25.2 Å². The molecule has 0 aromatic carbocycles. The molecule has 8 atom stereocenters. The number of carbonyl (C=O) groups excluding carboxylic acids is 2. The van der Waals surface area contributed by atoms with Gasteiger partial charge in [-0.15, -0.1) is 0 Å². The van der Waals surface area contributed by atoms with E-state index >= 15 is 0 Å². The van der Waals surface area contributed by atoms with Gasteiger partial charge < -0.3 is 14.2 Å². The van der Waals surface area contributed by atoms with Crippen LogP contribution in [0.15, 0.2) is 12.2 Å². The van der Waals surface area contributed by atoms with Crippen LogP contribution in [0.4, 0.5) is 0 Å². The van der Waals surface area contributed by atoms with E-state index in [0.29, 0.717) is 6.42 Å². The Balaban J connectivity index is 1.74. The summed E-state index contributed by atoms with van der Waals surface area (Å²) in [5.41, 5.74) is 0.886. The SMILES string of the molecule is C=C1C[C@@H](OC(C)=O)[C@@H]2[C@@H](OC(=O)[C@H]2C)[C@@H]2[C@H]1C[C@H]1O[C@]21C. The molecular weight excluding hydrogens is 284 g/mol. The lowest BCUT2D eigenvalue weighted by Gasteiger charge is -2.31. The quantitative estimate of drug-likeness (QED) is 0.420. The van der Waals surface area contributed by atoms with Gasteiger partial charge in [-0.25, -0.2) is 0 Å². The summed E-state index contributed by atoms with van der Waals surface area (Å²) < 4.78 is 17.2. The number of fused-ring (bicyclic) bond motifs is 5. The van der Waals surface area contributed by atoms with E-state index in [2.05, 4.69) is 13.5 Å². The van der Waals surface area contributed by atoms with Crippen LogP contribution in [0.25, 0.3) is 0 Å². The van der Waals surface area contributed by atoms with Crippen LogP contribution in [-0.2, 0) is 23.8 Å². The minimum atomic E-state index is -0.331. The van der Waals surface area contributed by atoms with Crippen molar-refractivity contribution in [1.82, 2.24) is 0 Å². The van der Waals surface area contributed by atoms with Crippen LogP contribution in [0.3, 0.4) is 0 Å². The monoisotopic (exact) mass is 306 g/mol. The first-order valence-electron chi connectivity index (χ1n) is 8.06. The highest BCUT2D eigenvalue weighted by atomic mass is 16.6. The third-order valence-electron chi connectivity index (χ3n) is 6.21. The van der Waals surface area contributed by atoms with Crippen molar-refractivity contribution in [1.29, 1.82) is 0 Å². The fourth-order valence-corrected chi connectivity index (χ4v) is 5.09. The number of hydrogen-bond acceptors (Lipinski definition) is 5. The first-order valence-corrected chi connectivity index (χ1v) is 8.06. The van der Waals surface area contributed by atoms with Crippen LogP contribution in [0, 0.1) is 23.7 Å². The molecule has 2 saturated heterocycles. The standard InChI is InChI=1S/C17H22O5/c1-7-5-11(20-9(3)18)13-8(2)16(19)21-15(13)14-10(7)6-12-17(14,4)22-12/h8,10-15H,1,5-6H2,2-4H3/t8-,10-,11+,12+,13+,14-,15+,17-/m0/s1. The fourth-order valence-electron chi connectivity index (χ4n) is 5.09. The minimum absolute atomic E-state index is 0.108. The lowest BCUT2D eigenvalue weighted by atomic mass is 9.77. The molecule has 22 heavy (non-hydrogen) atoms. The average molecular weight is 306 g/mol. The number of rotatable bonds is 1. The Kier molecular flexibility index (Phi) is 2.81. The van der Waals surface area contributed by atoms with Crippen molar-refractivity contribution in [3.8, 4) is 0 Å². The number of carbonyl (C=O) groups is 2. The first-order chi connectivity index (χ1) is 10.3. The van der Waals surface area contributed by atoms with E-state index < -0.39 is 0 Å². The van der Waals surface area contributed by atoms with E-state index in [9.17, 15) is 9.59 Å². The predicted molar refractivity (Wildman–Crippen MR) is 76.7 cm³/mol. The van der Waals surface area contributed by atoms with Gasteiger partial charge in [0.1, 0.15) is 12.2 Å². The van der Waals surface area contributed by atoms with Gasteiger partial charge in [-0.05, 0) is 19.3 Å². The molecule has 2 aliphatic heterocycles. The number of hydrogen-bond donors (Lipinski definition) is 0. The Labute approximate surface area is 130 Å². The average Bonchev–Trinajstić information content (AvgIpc) is 2.88. The lowest BCUT2D eigenvalue weighted by molar-refractivity contribution is -0.151. The molecule has 0 amide bonds. The Morgan fingerprint density at radius 2 is 2.18 bits per heavy atom. The predicted octanol–water partition coefficient (Wildman–Crippen LogP) is 1.85. The van der Waals surface area contributed by atoms with Gasteiger partial charge in [0.15, 0.2) is 0 Å². The van der Waals surface area contributed by atoms with Crippen LogP contribution in [0.2, 0.25) is 0 Å². The maximum absolute atomic E-state index is 12.2. The summed E-state index contributed by atoms with van der Waals surface area (Å²) in [6, 6.07) is 0. The highest BCUT2D eigenvalue weighted by Gasteiger charge is 2.72. The van der Waals surface area contributed by atoms with Gasteiger partial charge in [0.05, 0.1) is 17.6 Å². The maximum atomic E-state index is 12.2. The molecule has 0 radical (unpaired) electrons. The highest BCUT2D eigenvalue weighted by Crippen LogP contribution is 2.63. The van der Waals surface area contributed by atoms with Crippen molar-refractivity contribution in [2.24, 2.45) is 23.7 Å². The molecule has 5 heteroatoms. The van der Waals surface area contributed by atoms with E-state index in [4.69, 9.17) is 14.2 Å². The molecule has 0 unspecified atom stereocenters. The first kappa shape index (κ1) is 14.2. The summed E-state index contributed by atoms with van der Waals surface area (Å²) in [4.78, 5) is 23.6. The molecule has 2 aliphatic carbocycles. The molecule has 120 valence electrons. The second-order valence-electron chi connectivity index (χ2n) is 7.44. The number of esters is 2. The van der Waals surface area contributed by atoms with Crippen LogP contribution in [-0.4, -0.2) is 35.9 Å². The van der Waals surface area contributed by atoms with Crippen molar-refractivity contribution in [2.45, 2.75) is 57.5 Å². The summed E-state index contributed by atoms with van der Waals surface area (Å²) in [7, 11) is 0. The van der Waals surface area contributed by atoms with Crippen molar-refractivity contribution >= 4 is 11.9 Å². The molecule has 5 nitrogen and oxygen atoms in total. The van der Waals surface area contributed by atoms with E-state index in [0.717, 1.165) is 12.0 Å². The Bertz CT molecular complexity index is 569. The normalized spacial score (nSPS) is 52.2. The van der Waals surface area contributed by atoms with Gasteiger partial charge in [0.25, 0.3) is 0 Å². The zero-order valence-electron chi connectivity index (χ0n) is 13.2. The number of ether oxygens (including phenoxy) is 3. The zero-order chi connectivity index (χ0) is 15.8. The summed E-state index contributed by atoms with van der Waals surface area (Å²) in [6.07, 6.45) is 1.23. The molecule has 0 bridgehead atoms. The third-order valence-corrected chi connectivity index (χ3v) is 6.21. The summed E-state index contributed by atoms with van der Waals surface area (Å²) in [6.45, 7) is 9.63. The van der Waals surface area contributed by atoms with Crippen LogP contribution in [0.5, 0.6) is 0 Å². The van der Waals surface area contributed by atoms with E-state index in [1.807, 2.05) is 6.92 Å². The smallest absolute Gasteiger partial charge is 0.309 e. The molecule has 0 aromatic rings. The highest BCUT2D eigenvalue weighted by molar-refractivity contribution is 5.75. The van der Waals surface area contributed by atoms with Crippen LogP contribution in [0.1, 0.15) is 33.6 Å². The molecule has 2 heterocycles. The van der Waals surface area contributed by atoms with Gasteiger partial charge in [0.2, 0.25) is 0 Å². The molecule has 4 fully saturated rings. The largest absolute Gasteiger partial charge is 0.462 e. The molecule has 0 aromatic heterocycles. The summed E-state index contributed by atoms with van der Waals surface area (Å²) >= 11 is 0. The molecular formula is C17H22O5. The van der Waals surface area contributed by atoms with Crippen LogP contribution < -0.4 is 0 Å². The van der Waals surface area contributed by atoms with Crippen molar-refractivity contribution in [3.63, 3.8) is 0 Å². The minimum Gasteiger partial charge on any atom is -0.462 e. The molecule has 2 saturated carbocycles. The van der Waals surface area contributed by atoms with Gasteiger partial charge in [-0.2, -0.15) is 0 Å². The maximum Gasteiger partial charge on any atom is 0.309 e. The Hall–Kier alpha value is -1.36. The molecule has 4 rings (SSSR count). The zero-order valence-corrected chi connectivity index (χ0v) is 13.2. The lowest BCUT2D eigenvalue weighted by Crippen LogP contribution is -2.41.